The summed E-state index contributed by atoms with van der Waals surface area (Å²) in [5, 5.41) is 18.0. The molecule has 0 aromatic carbocycles. The van der Waals surface area contributed by atoms with Crippen molar-refractivity contribution in [2.45, 2.75) is 31.7 Å². The highest BCUT2D eigenvalue weighted by atomic mass is 16.8. The Balaban J connectivity index is 2.71. The van der Waals surface area contributed by atoms with Crippen LogP contribution < -0.4 is 0 Å². The van der Waals surface area contributed by atoms with Gasteiger partial charge in [0.15, 0.2) is 0 Å². The summed E-state index contributed by atoms with van der Waals surface area (Å²) in [7, 11) is 0. The standard InChI is InChI=1S/C8H12O6/c9-5-8(12)13-6(10)3-1-2-4-7(11)14-8/h9,12H,1-5H2. The zero-order valence-electron chi connectivity index (χ0n) is 7.56. The average Bonchev–Trinajstić information content (AvgIpc) is 2.16. The Kier molecular flexibility index (Phi) is 3.43. The van der Waals surface area contributed by atoms with Gasteiger partial charge < -0.3 is 19.7 Å². The number of aliphatic hydroxyl groups excluding tert-OH is 1. The van der Waals surface area contributed by atoms with E-state index in [4.69, 9.17) is 5.11 Å². The lowest BCUT2D eigenvalue weighted by molar-refractivity contribution is -0.336. The summed E-state index contributed by atoms with van der Waals surface area (Å²) in [5.41, 5.74) is 0. The molecule has 1 saturated heterocycles. The molecule has 0 aromatic rings. The highest BCUT2D eigenvalue weighted by Gasteiger charge is 2.36. The van der Waals surface area contributed by atoms with Crippen LogP contribution in [0, 0.1) is 0 Å². The van der Waals surface area contributed by atoms with Gasteiger partial charge in [0.05, 0.1) is 0 Å². The van der Waals surface area contributed by atoms with Gasteiger partial charge in [0.25, 0.3) is 0 Å². The Bertz CT molecular complexity index is 216. The fourth-order valence-corrected chi connectivity index (χ4v) is 1.08. The second-order valence-electron chi connectivity index (χ2n) is 3.03. The first-order valence-corrected chi connectivity index (χ1v) is 4.33. The van der Waals surface area contributed by atoms with Gasteiger partial charge in [-0.1, -0.05) is 0 Å². The first-order valence-electron chi connectivity index (χ1n) is 4.33. The Morgan fingerprint density at radius 2 is 1.57 bits per heavy atom. The molecule has 0 radical (unpaired) electrons. The lowest BCUT2D eigenvalue weighted by Gasteiger charge is -2.23. The van der Waals surface area contributed by atoms with E-state index in [0.29, 0.717) is 12.8 Å². The topological polar surface area (TPSA) is 93.1 Å². The van der Waals surface area contributed by atoms with Gasteiger partial charge in [-0.3, -0.25) is 9.59 Å². The highest BCUT2D eigenvalue weighted by Crippen LogP contribution is 2.16. The molecule has 0 amide bonds. The third kappa shape index (κ3) is 2.97. The average molecular weight is 204 g/mol. The minimum absolute atomic E-state index is 0.0962. The summed E-state index contributed by atoms with van der Waals surface area (Å²) in [4.78, 5) is 22.0. The molecule has 1 aliphatic heterocycles. The normalized spacial score (nSPS) is 22.7. The fraction of sp³-hybridized carbons (Fsp3) is 0.750. The maximum Gasteiger partial charge on any atom is 0.398 e. The van der Waals surface area contributed by atoms with E-state index in [1.807, 2.05) is 0 Å². The van der Waals surface area contributed by atoms with Gasteiger partial charge in [-0.05, 0) is 12.8 Å². The van der Waals surface area contributed by atoms with E-state index < -0.39 is 24.5 Å². The molecule has 0 saturated carbocycles. The lowest BCUT2D eigenvalue weighted by atomic mass is 10.2. The molecule has 2 N–H and O–H groups in total. The summed E-state index contributed by atoms with van der Waals surface area (Å²) in [6.45, 7) is -0.968. The van der Waals surface area contributed by atoms with Crippen LogP contribution in [0.5, 0.6) is 0 Å². The molecule has 1 fully saturated rings. The van der Waals surface area contributed by atoms with Crippen molar-refractivity contribution in [1.82, 2.24) is 0 Å². The van der Waals surface area contributed by atoms with Gasteiger partial charge in [-0.2, -0.15) is 0 Å². The molecule has 1 heterocycles. The van der Waals surface area contributed by atoms with Crippen LogP contribution >= 0.6 is 0 Å². The van der Waals surface area contributed by atoms with Gasteiger partial charge >= 0.3 is 17.9 Å². The third-order valence-electron chi connectivity index (χ3n) is 1.76. The molecule has 14 heavy (non-hydrogen) atoms. The summed E-state index contributed by atoms with van der Waals surface area (Å²) in [5.74, 6) is -3.91. The largest absolute Gasteiger partial charge is 0.398 e. The zero-order chi connectivity index (χ0) is 10.6. The SMILES string of the molecule is O=C1CCCCC(=O)OC(O)(CO)O1. The van der Waals surface area contributed by atoms with Crippen molar-refractivity contribution in [3.05, 3.63) is 0 Å². The van der Waals surface area contributed by atoms with E-state index in [1.54, 1.807) is 0 Å². The van der Waals surface area contributed by atoms with E-state index in [-0.39, 0.29) is 12.8 Å². The Hall–Kier alpha value is -1.14. The molecule has 0 unspecified atom stereocenters. The molecule has 6 heteroatoms. The lowest BCUT2D eigenvalue weighted by Crippen LogP contribution is -2.43. The van der Waals surface area contributed by atoms with Crippen molar-refractivity contribution in [3.63, 3.8) is 0 Å². The van der Waals surface area contributed by atoms with Crippen molar-refractivity contribution in [3.8, 4) is 0 Å². The number of esters is 2. The minimum Gasteiger partial charge on any atom is -0.396 e. The fourth-order valence-electron chi connectivity index (χ4n) is 1.08. The van der Waals surface area contributed by atoms with Gasteiger partial charge in [0.1, 0.15) is 6.61 Å². The molecule has 1 rings (SSSR count). The predicted molar refractivity (Wildman–Crippen MR) is 42.7 cm³/mol. The second-order valence-corrected chi connectivity index (χ2v) is 3.03. The molecule has 0 aliphatic carbocycles. The van der Waals surface area contributed by atoms with Crippen LogP contribution in [0.4, 0.5) is 0 Å². The summed E-state index contributed by atoms with van der Waals surface area (Å²) < 4.78 is 8.80. The van der Waals surface area contributed by atoms with Crippen LogP contribution in [0.1, 0.15) is 25.7 Å². The number of ether oxygens (including phenoxy) is 2. The molecule has 6 nitrogen and oxygen atoms in total. The molecule has 0 aromatic heterocycles. The molecule has 0 bridgehead atoms. The van der Waals surface area contributed by atoms with Crippen LogP contribution in [0.15, 0.2) is 0 Å². The van der Waals surface area contributed by atoms with Crippen molar-refractivity contribution in [1.29, 1.82) is 0 Å². The Labute approximate surface area is 80.4 Å². The molecule has 0 atom stereocenters. The van der Waals surface area contributed by atoms with E-state index in [2.05, 4.69) is 9.47 Å². The highest BCUT2D eigenvalue weighted by molar-refractivity contribution is 5.72. The quantitative estimate of drug-likeness (QED) is 0.548. The number of hydrogen-bond acceptors (Lipinski definition) is 6. The van der Waals surface area contributed by atoms with E-state index in [0.717, 1.165) is 0 Å². The van der Waals surface area contributed by atoms with E-state index in [1.165, 1.54) is 0 Å². The minimum atomic E-state index is -2.52. The Morgan fingerprint density at radius 1 is 1.14 bits per heavy atom. The third-order valence-corrected chi connectivity index (χ3v) is 1.76. The van der Waals surface area contributed by atoms with Crippen molar-refractivity contribution >= 4 is 11.9 Å². The summed E-state index contributed by atoms with van der Waals surface area (Å²) >= 11 is 0. The van der Waals surface area contributed by atoms with Crippen molar-refractivity contribution < 1.29 is 29.3 Å². The van der Waals surface area contributed by atoms with Crippen molar-refractivity contribution in [2.75, 3.05) is 6.61 Å². The van der Waals surface area contributed by atoms with E-state index in [9.17, 15) is 14.7 Å². The molecular formula is C8H12O6. The number of aliphatic hydroxyl groups is 2. The predicted octanol–water partition coefficient (Wildman–Crippen LogP) is -0.715. The number of carbonyl (C=O) groups is 2. The number of rotatable bonds is 1. The van der Waals surface area contributed by atoms with Crippen LogP contribution in [0.2, 0.25) is 0 Å². The van der Waals surface area contributed by atoms with Crippen LogP contribution in [0.25, 0.3) is 0 Å². The number of hydrogen-bond donors (Lipinski definition) is 2. The summed E-state index contributed by atoms with van der Waals surface area (Å²) in [6, 6.07) is 0. The van der Waals surface area contributed by atoms with Crippen LogP contribution in [-0.4, -0.2) is 34.7 Å². The molecule has 80 valence electrons. The second kappa shape index (κ2) is 4.39. The van der Waals surface area contributed by atoms with Crippen molar-refractivity contribution in [2.24, 2.45) is 0 Å². The number of cyclic esters (lactones) is 2. The molecule has 1 aliphatic rings. The van der Waals surface area contributed by atoms with Gasteiger partial charge in [-0.15, -0.1) is 0 Å². The first-order chi connectivity index (χ1) is 6.56. The molecule has 0 spiro atoms. The van der Waals surface area contributed by atoms with Gasteiger partial charge in [0.2, 0.25) is 0 Å². The number of carbonyl (C=O) groups excluding carboxylic acids is 2. The Morgan fingerprint density at radius 3 is 1.93 bits per heavy atom. The zero-order valence-corrected chi connectivity index (χ0v) is 7.56. The van der Waals surface area contributed by atoms with Gasteiger partial charge in [-0.25, -0.2) is 0 Å². The maximum absolute atomic E-state index is 11.0. The monoisotopic (exact) mass is 204 g/mol. The maximum atomic E-state index is 11.0. The van der Waals surface area contributed by atoms with Crippen LogP contribution in [-0.2, 0) is 19.1 Å². The van der Waals surface area contributed by atoms with Gasteiger partial charge in [0, 0.05) is 12.8 Å². The summed E-state index contributed by atoms with van der Waals surface area (Å²) in [6.07, 6.45) is 1.18. The molecular weight excluding hydrogens is 192 g/mol. The van der Waals surface area contributed by atoms with E-state index >= 15 is 0 Å². The smallest absolute Gasteiger partial charge is 0.396 e. The van der Waals surface area contributed by atoms with Crippen LogP contribution in [0.3, 0.4) is 0 Å². The first kappa shape index (κ1) is 10.9.